The third-order valence-corrected chi connectivity index (χ3v) is 2.91. The number of rotatable bonds is 2. The maximum atomic E-state index is 12.0. The second-order valence-electron chi connectivity index (χ2n) is 3.84. The van der Waals surface area contributed by atoms with Crippen LogP contribution in [0.5, 0.6) is 0 Å². The molecule has 5 heteroatoms. The lowest BCUT2D eigenvalue weighted by atomic mass is 10.2. The van der Waals surface area contributed by atoms with E-state index in [1.807, 2.05) is 13.0 Å². The molecule has 2 aromatic rings. The van der Waals surface area contributed by atoms with Crippen molar-refractivity contribution in [2.24, 2.45) is 0 Å². The highest BCUT2D eigenvalue weighted by Gasteiger charge is 2.08. The topological polar surface area (TPSA) is 68.0 Å². The molecule has 0 atom stereocenters. The number of aromatic nitrogens is 1. The summed E-state index contributed by atoms with van der Waals surface area (Å²) in [4.78, 5) is 16.2. The van der Waals surface area contributed by atoms with E-state index in [4.69, 9.17) is 5.73 Å². The number of nitrogens with one attached hydrogen (secondary N) is 1. The summed E-state index contributed by atoms with van der Waals surface area (Å²) in [5, 5.41) is 2.81. The van der Waals surface area contributed by atoms with Gasteiger partial charge in [-0.05, 0) is 59.3 Å². The van der Waals surface area contributed by atoms with E-state index < -0.39 is 0 Å². The lowest BCUT2D eigenvalue weighted by molar-refractivity contribution is 0.102. The Balaban J connectivity index is 2.18. The summed E-state index contributed by atoms with van der Waals surface area (Å²) in [5.41, 5.74) is 8.22. The van der Waals surface area contributed by atoms with Gasteiger partial charge in [0.2, 0.25) is 0 Å². The smallest absolute Gasteiger partial charge is 0.255 e. The number of aryl methyl sites for hydroxylation is 1. The van der Waals surface area contributed by atoms with E-state index in [1.54, 1.807) is 30.3 Å². The van der Waals surface area contributed by atoms with Crippen LogP contribution in [0.15, 0.2) is 41.0 Å². The molecule has 0 unspecified atom stereocenters. The highest BCUT2D eigenvalue weighted by molar-refractivity contribution is 9.10. The fourth-order valence-electron chi connectivity index (χ4n) is 1.49. The fraction of sp³-hybridized carbons (Fsp3) is 0.0769. The van der Waals surface area contributed by atoms with Crippen molar-refractivity contribution in [3.63, 3.8) is 0 Å². The van der Waals surface area contributed by atoms with Crippen LogP contribution in [0.4, 0.5) is 11.4 Å². The summed E-state index contributed by atoms with van der Waals surface area (Å²) in [6.07, 6.45) is 0. The Morgan fingerprint density at radius 1 is 1.22 bits per heavy atom. The molecule has 2 rings (SSSR count). The number of hydrogen-bond acceptors (Lipinski definition) is 3. The highest BCUT2D eigenvalue weighted by Crippen LogP contribution is 2.17. The van der Waals surface area contributed by atoms with Crippen LogP contribution >= 0.6 is 15.9 Å². The van der Waals surface area contributed by atoms with Gasteiger partial charge in [-0.15, -0.1) is 0 Å². The van der Waals surface area contributed by atoms with Crippen LogP contribution in [0.2, 0.25) is 0 Å². The Hall–Kier alpha value is -1.88. The molecule has 4 nitrogen and oxygen atoms in total. The van der Waals surface area contributed by atoms with Crippen LogP contribution in [0, 0.1) is 6.92 Å². The number of halogens is 1. The number of nitrogen functional groups attached to an aromatic ring is 1. The standard InChI is InChI=1S/C13H12BrN3O/c1-8-11(6-7-12(14)16-8)17-13(18)9-2-4-10(15)5-3-9/h2-7H,15H2,1H3,(H,17,18). The van der Waals surface area contributed by atoms with E-state index in [0.29, 0.717) is 16.9 Å². The van der Waals surface area contributed by atoms with Crippen LogP contribution in [0.1, 0.15) is 16.1 Å². The number of carbonyl (C=O) groups is 1. The van der Waals surface area contributed by atoms with E-state index in [-0.39, 0.29) is 5.91 Å². The normalized spacial score (nSPS) is 10.1. The number of benzene rings is 1. The molecular weight excluding hydrogens is 294 g/mol. The molecule has 1 amide bonds. The number of amides is 1. The molecule has 92 valence electrons. The third-order valence-electron chi connectivity index (χ3n) is 2.47. The molecule has 0 saturated heterocycles. The highest BCUT2D eigenvalue weighted by atomic mass is 79.9. The average Bonchev–Trinajstić information content (AvgIpc) is 2.33. The summed E-state index contributed by atoms with van der Waals surface area (Å²) >= 11 is 3.28. The van der Waals surface area contributed by atoms with Gasteiger partial charge in [0.1, 0.15) is 4.60 Å². The number of pyridine rings is 1. The van der Waals surface area contributed by atoms with Crippen molar-refractivity contribution in [2.45, 2.75) is 6.92 Å². The van der Waals surface area contributed by atoms with E-state index in [2.05, 4.69) is 26.2 Å². The van der Waals surface area contributed by atoms with E-state index in [0.717, 1.165) is 10.3 Å². The first-order valence-corrected chi connectivity index (χ1v) is 6.15. The zero-order chi connectivity index (χ0) is 13.1. The monoisotopic (exact) mass is 305 g/mol. The molecular formula is C13H12BrN3O. The van der Waals surface area contributed by atoms with Gasteiger partial charge in [-0.1, -0.05) is 0 Å². The summed E-state index contributed by atoms with van der Waals surface area (Å²) in [7, 11) is 0. The van der Waals surface area contributed by atoms with Crippen molar-refractivity contribution in [1.29, 1.82) is 0 Å². The summed E-state index contributed by atoms with van der Waals surface area (Å²) in [6, 6.07) is 10.4. The molecule has 0 aliphatic carbocycles. The van der Waals surface area contributed by atoms with Gasteiger partial charge < -0.3 is 11.1 Å². The van der Waals surface area contributed by atoms with Crippen molar-refractivity contribution in [3.8, 4) is 0 Å². The quantitative estimate of drug-likeness (QED) is 0.662. The number of nitrogens with zero attached hydrogens (tertiary/aromatic N) is 1. The molecule has 18 heavy (non-hydrogen) atoms. The van der Waals surface area contributed by atoms with Crippen molar-refractivity contribution >= 4 is 33.2 Å². The zero-order valence-electron chi connectivity index (χ0n) is 9.77. The molecule has 0 spiro atoms. The van der Waals surface area contributed by atoms with Crippen LogP contribution in [0.3, 0.4) is 0 Å². The van der Waals surface area contributed by atoms with Gasteiger partial charge in [-0.25, -0.2) is 4.98 Å². The molecule has 0 bridgehead atoms. The Kier molecular flexibility index (Phi) is 3.62. The van der Waals surface area contributed by atoms with E-state index >= 15 is 0 Å². The lowest BCUT2D eigenvalue weighted by Gasteiger charge is -2.08. The van der Waals surface area contributed by atoms with Crippen molar-refractivity contribution in [1.82, 2.24) is 4.98 Å². The summed E-state index contributed by atoms with van der Waals surface area (Å²) < 4.78 is 0.741. The van der Waals surface area contributed by atoms with Gasteiger partial charge in [-0.2, -0.15) is 0 Å². The molecule has 0 fully saturated rings. The second-order valence-corrected chi connectivity index (χ2v) is 4.66. The van der Waals surface area contributed by atoms with Gasteiger partial charge in [0.15, 0.2) is 0 Å². The molecule has 0 aliphatic rings. The largest absolute Gasteiger partial charge is 0.399 e. The predicted octanol–water partition coefficient (Wildman–Crippen LogP) is 2.99. The molecule has 1 heterocycles. The average molecular weight is 306 g/mol. The first-order chi connectivity index (χ1) is 8.56. The van der Waals surface area contributed by atoms with E-state index in [9.17, 15) is 4.79 Å². The van der Waals surface area contributed by atoms with Crippen LogP contribution in [-0.2, 0) is 0 Å². The second kappa shape index (κ2) is 5.18. The fourth-order valence-corrected chi connectivity index (χ4v) is 1.89. The minimum absolute atomic E-state index is 0.178. The van der Waals surface area contributed by atoms with Gasteiger partial charge in [0, 0.05) is 11.3 Å². The van der Waals surface area contributed by atoms with Crippen LogP contribution in [-0.4, -0.2) is 10.9 Å². The predicted molar refractivity (Wildman–Crippen MR) is 75.5 cm³/mol. The number of carbonyl (C=O) groups excluding carboxylic acids is 1. The molecule has 0 radical (unpaired) electrons. The Bertz CT molecular complexity index is 581. The minimum atomic E-state index is -0.178. The van der Waals surface area contributed by atoms with Crippen molar-refractivity contribution in [3.05, 3.63) is 52.3 Å². The van der Waals surface area contributed by atoms with Gasteiger partial charge >= 0.3 is 0 Å². The number of hydrogen-bond donors (Lipinski definition) is 2. The van der Waals surface area contributed by atoms with Crippen molar-refractivity contribution < 1.29 is 4.79 Å². The molecule has 0 aliphatic heterocycles. The molecule has 3 N–H and O–H groups in total. The first-order valence-electron chi connectivity index (χ1n) is 5.36. The summed E-state index contributed by atoms with van der Waals surface area (Å²) in [6.45, 7) is 1.84. The number of anilines is 2. The zero-order valence-corrected chi connectivity index (χ0v) is 11.4. The molecule has 1 aromatic heterocycles. The number of nitrogens with two attached hydrogens (primary N) is 1. The van der Waals surface area contributed by atoms with E-state index in [1.165, 1.54) is 0 Å². The first kappa shape index (κ1) is 12.6. The Labute approximate surface area is 113 Å². The maximum absolute atomic E-state index is 12.0. The maximum Gasteiger partial charge on any atom is 0.255 e. The Morgan fingerprint density at radius 2 is 1.89 bits per heavy atom. The van der Waals surface area contributed by atoms with Gasteiger partial charge in [0.25, 0.3) is 5.91 Å². The van der Waals surface area contributed by atoms with Crippen LogP contribution in [0.25, 0.3) is 0 Å². The van der Waals surface area contributed by atoms with Gasteiger partial charge in [0.05, 0.1) is 11.4 Å². The third kappa shape index (κ3) is 2.87. The lowest BCUT2D eigenvalue weighted by Crippen LogP contribution is -2.13. The van der Waals surface area contributed by atoms with Crippen LogP contribution < -0.4 is 11.1 Å². The molecule has 1 aromatic carbocycles. The minimum Gasteiger partial charge on any atom is -0.399 e. The van der Waals surface area contributed by atoms with Gasteiger partial charge in [-0.3, -0.25) is 4.79 Å². The Morgan fingerprint density at radius 3 is 2.50 bits per heavy atom. The SMILES string of the molecule is Cc1nc(Br)ccc1NC(=O)c1ccc(N)cc1. The summed E-state index contributed by atoms with van der Waals surface area (Å²) in [5.74, 6) is -0.178. The van der Waals surface area contributed by atoms with Crippen molar-refractivity contribution in [2.75, 3.05) is 11.1 Å². The molecule has 0 saturated carbocycles.